The smallest absolute Gasteiger partial charge is 0.408 e. The molecule has 2 atom stereocenters. The molecule has 0 spiro atoms. The monoisotopic (exact) mass is 535 g/mol. The van der Waals surface area contributed by atoms with Gasteiger partial charge in [0.2, 0.25) is 11.8 Å². The summed E-state index contributed by atoms with van der Waals surface area (Å²) < 4.78 is 10.2. The number of ether oxygens (including phenoxy) is 2. The molecule has 0 aliphatic carbocycles. The highest BCUT2D eigenvalue weighted by atomic mass is 16.6. The van der Waals surface area contributed by atoms with Crippen molar-refractivity contribution in [3.8, 4) is 5.75 Å². The van der Waals surface area contributed by atoms with Crippen LogP contribution in [-0.4, -0.2) is 65.2 Å². The molecule has 10 nitrogen and oxygen atoms in total. The summed E-state index contributed by atoms with van der Waals surface area (Å²) in [7, 11) is 0. The maximum absolute atomic E-state index is 13.7. The Kier molecular flexibility index (Phi) is 14.2. The lowest BCUT2D eigenvalue weighted by Crippen LogP contribution is -2.52. The van der Waals surface area contributed by atoms with Crippen LogP contribution >= 0.6 is 0 Å². The Morgan fingerprint density at radius 2 is 1.63 bits per heavy atom. The van der Waals surface area contributed by atoms with Gasteiger partial charge in [0, 0.05) is 13.1 Å². The van der Waals surface area contributed by atoms with E-state index in [4.69, 9.17) is 9.47 Å². The van der Waals surface area contributed by atoms with Crippen molar-refractivity contribution in [3.63, 3.8) is 0 Å². The lowest BCUT2D eigenvalue weighted by atomic mass is 10.0. The maximum atomic E-state index is 13.7. The van der Waals surface area contributed by atoms with Gasteiger partial charge in [-0.3, -0.25) is 14.4 Å². The summed E-state index contributed by atoms with van der Waals surface area (Å²) in [5, 5.41) is 15.1. The summed E-state index contributed by atoms with van der Waals surface area (Å²) in [5.74, 6) is -1.35. The Hall–Kier alpha value is -3.30. The van der Waals surface area contributed by atoms with Crippen molar-refractivity contribution in [3.05, 3.63) is 29.8 Å². The minimum Gasteiger partial charge on any atom is -0.508 e. The Morgan fingerprint density at radius 1 is 1.00 bits per heavy atom. The summed E-state index contributed by atoms with van der Waals surface area (Å²) in [6.45, 7) is 11.1. The molecule has 10 heteroatoms. The van der Waals surface area contributed by atoms with Gasteiger partial charge >= 0.3 is 12.1 Å². The first kappa shape index (κ1) is 32.7. The van der Waals surface area contributed by atoms with Gasteiger partial charge < -0.3 is 30.1 Å². The molecule has 2 unspecified atom stereocenters. The number of nitrogens with one attached hydrogen (secondary N) is 2. The summed E-state index contributed by atoms with van der Waals surface area (Å²) in [6, 6.07) is 4.04. The number of phenolic OH excluding ortho intramolecular Hbond substituents is 1. The molecule has 1 aromatic rings. The summed E-state index contributed by atoms with van der Waals surface area (Å²) in [6.07, 6.45) is 3.93. The normalized spacial score (nSPS) is 12.7. The Balaban J connectivity index is 3.22. The zero-order valence-corrected chi connectivity index (χ0v) is 23.7. The van der Waals surface area contributed by atoms with Crippen LogP contribution in [0.25, 0.3) is 0 Å². The van der Waals surface area contributed by atoms with Crippen molar-refractivity contribution in [2.75, 3.05) is 19.7 Å². The number of nitrogens with zero attached hydrogens (tertiary/aromatic N) is 1. The van der Waals surface area contributed by atoms with E-state index in [-0.39, 0.29) is 31.9 Å². The third-order valence-corrected chi connectivity index (χ3v) is 5.59. The molecule has 0 aliphatic rings. The summed E-state index contributed by atoms with van der Waals surface area (Å²) in [4.78, 5) is 52.7. The first-order valence-electron chi connectivity index (χ1n) is 13.4. The van der Waals surface area contributed by atoms with Crippen molar-refractivity contribution in [1.29, 1.82) is 0 Å². The standard InChI is InChI=1S/C28H45N3O7/c1-7-9-10-11-12-19-31(26(35)20(3)30-27(36)38-28(4,5)6)24(21-13-15-22(32)16-14-21)25(34)29-18-17-23(33)37-8-2/h13-16,20,24,32H,7-12,17-19H2,1-6H3,(H,29,34)(H,30,36). The number of carbonyl (C=O) groups excluding carboxylic acids is 4. The first-order valence-corrected chi connectivity index (χ1v) is 13.4. The van der Waals surface area contributed by atoms with Crippen molar-refractivity contribution >= 4 is 23.9 Å². The van der Waals surface area contributed by atoms with Gasteiger partial charge in [-0.2, -0.15) is 0 Å². The highest BCUT2D eigenvalue weighted by molar-refractivity contribution is 5.92. The number of esters is 1. The Labute approximate surface area is 226 Å². The number of hydrogen-bond donors (Lipinski definition) is 3. The van der Waals surface area contributed by atoms with Gasteiger partial charge in [0.1, 0.15) is 23.4 Å². The second kappa shape index (κ2) is 16.5. The molecule has 0 heterocycles. The predicted molar refractivity (Wildman–Crippen MR) is 144 cm³/mol. The summed E-state index contributed by atoms with van der Waals surface area (Å²) in [5.41, 5.74) is -0.248. The molecule has 3 amide bonds. The molecule has 0 radical (unpaired) electrons. The van der Waals surface area contributed by atoms with Gasteiger partial charge in [-0.1, -0.05) is 44.7 Å². The molecule has 0 saturated heterocycles. The Bertz CT molecular complexity index is 897. The average molecular weight is 536 g/mol. The van der Waals surface area contributed by atoms with Gasteiger partial charge in [0.15, 0.2) is 0 Å². The van der Waals surface area contributed by atoms with Gasteiger partial charge in [0.05, 0.1) is 13.0 Å². The lowest BCUT2D eigenvalue weighted by Gasteiger charge is -2.33. The van der Waals surface area contributed by atoms with E-state index in [0.29, 0.717) is 12.0 Å². The second-order valence-electron chi connectivity index (χ2n) is 10.2. The maximum Gasteiger partial charge on any atom is 0.408 e. The van der Waals surface area contributed by atoms with Crippen LogP contribution in [0, 0.1) is 0 Å². The van der Waals surface area contributed by atoms with E-state index in [1.54, 1.807) is 46.8 Å². The number of amides is 3. The van der Waals surface area contributed by atoms with Crippen LogP contribution in [0.1, 0.15) is 91.7 Å². The van der Waals surface area contributed by atoms with Crippen molar-refractivity contribution in [2.24, 2.45) is 0 Å². The van der Waals surface area contributed by atoms with Crippen LogP contribution in [0.4, 0.5) is 4.79 Å². The molecule has 0 fully saturated rings. The summed E-state index contributed by atoms with van der Waals surface area (Å²) >= 11 is 0. The molecule has 0 bridgehead atoms. The van der Waals surface area contributed by atoms with E-state index in [1.807, 2.05) is 0 Å². The predicted octanol–water partition coefficient (Wildman–Crippen LogP) is 4.21. The number of carbonyl (C=O) groups is 4. The highest BCUT2D eigenvalue weighted by Gasteiger charge is 2.34. The zero-order valence-electron chi connectivity index (χ0n) is 23.7. The first-order chi connectivity index (χ1) is 17.9. The van der Waals surface area contributed by atoms with Crippen LogP contribution in [0.3, 0.4) is 0 Å². The third kappa shape index (κ3) is 12.3. The number of alkyl carbamates (subject to hydrolysis) is 1. The SMILES string of the molecule is CCCCCCCN(C(=O)C(C)NC(=O)OC(C)(C)C)C(C(=O)NCCC(=O)OCC)c1ccc(O)cc1. The second-order valence-corrected chi connectivity index (χ2v) is 10.2. The van der Waals surface area contributed by atoms with Crippen LogP contribution < -0.4 is 10.6 Å². The number of phenols is 1. The fourth-order valence-corrected chi connectivity index (χ4v) is 3.79. The fourth-order valence-electron chi connectivity index (χ4n) is 3.79. The molecular formula is C28H45N3O7. The number of aromatic hydroxyl groups is 1. The largest absolute Gasteiger partial charge is 0.508 e. The molecule has 1 rings (SSSR count). The third-order valence-electron chi connectivity index (χ3n) is 5.59. The number of hydrogen-bond acceptors (Lipinski definition) is 7. The minimum absolute atomic E-state index is 0.0105. The van der Waals surface area contributed by atoms with Crippen LogP contribution in [0.2, 0.25) is 0 Å². The van der Waals surface area contributed by atoms with E-state index in [1.165, 1.54) is 17.0 Å². The van der Waals surface area contributed by atoms with Crippen molar-refractivity contribution in [1.82, 2.24) is 15.5 Å². The zero-order chi connectivity index (χ0) is 28.7. The van der Waals surface area contributed by atoms with Gasteiger partial charge in [0.25, 0.3) is 0 Å². The Morgan fingerprint density at radius 3 is 2.21 bits per heavy atom. The van der Waals surface area contributed by atoms with Crippen molar-refractivity contribution < 1.29 is 33.8 Å². The quantitative estimate of drug-likeness (QED) is 0.226. The lowest BCUT2D eigenvalue weighted by molar-refractivity contribution is -0.144. The van der Waals surface area contributed by atoms with Gasteiger partial charge in [-0.15, -0.1) is 0 Å². The van der Waals surface area contributed by atoms with Crippen LogP contribution in [0.15, 0.2) is 24.3 Å². The van der Waals surface area contributed by atoms with Crippen LogP contribution in [0.5, 0.6) is 5.75 Å². The molecule has 38 heavy (non-hydrogen) atoms. The van der Waals surface area contributed by atoms with E-state index in [2.05, 4.69) is 17.6 Å². The average Bonchev–Trinajstić information content (AvgIpc) is 2.82. The molecule has 0 saturated carbocycles. The van der Waals surface area contributed by atoms with E-state index < -0.39 is 41.6 Å². The number of unbranched alkanes of at least 4 members (excludes halogenated alkanes) is 4. The van der Waals surface area contributed by atoms with E-state index in [0.717, 1.165) is 25.7 Å². The molecule has 1 aromatic carbocycles. The molecular weight excluding hydrogens is 490 g/mol. The van der Waals surface area contributed by atoms with Gasteiger partial charge in [-0.05, 0) is 58.7 Å². The van der Waals surface area contributed by atoms with E-state index >= 15 is 0 Å². The highest BCUT2D eigenvalue weighted by Crippen LogP contribution is 2.25. The molecule has 214 valence electrons. The molecule has 3 N–H and O–H groups in total. The molecule has 0 aromatic heterocycles. The minimum atomic E-state index is -1.04. The fraction of sp³-hybridized carbons (Fsp3) is 0.643. The number of rotatable bonds is 15. The topological polar surface area (TPSA) is 134 Å². The van der Waals surface area contributed by atoms with E-state index in [9.17, 15) is 24.3 Å². The molecule has 0 aliphatic heterocycles. The van der Waals surface area contributed by atoms with Crippen molar-refractivity contribution in [2.45, 2.75) is 97.8 Å². The van der Waals surface area contributed by atoms with Crippen LogP contribution in [-0.2, 0) is 23.9 Å². The van der Waals surface area contributed by atoms with Gasteiger partial charge in [-0.25, -0.2) is 4.79 Å². The number of benzene rings is 1.